The first-order valence-electron chi connectivity index (χ1n) is 8.74. The number of ether oxygens (including phenoxy) is 3. The van der Waals surface area contributed by atoms with Gasteiger partial charge in [0.15, 0.2) is 11.5 Å². The lowest BCUT2D eigenvalue weighted by Gasteiger charge is -2.33. The molecule has 2 aliphatic heterocycles. The van der Waals surface area contributed by atoms with Crippen molar-refractivity contribution in [3.63, 3.8) is 0 Å². The van der Waals surface area contributed by atoms with Crippen LogP contribution in [0.5, 0.6) is 11.5 Å². The monoisotopic (exact) mass is 357 g/mol. The maximum Gasteiger partial charge on any atom is 0.254 e. The molecule has 5 nitrogen and oxygen atoms in total. The van der Waals surface area contributed by atoms with Gasteiger partial charge in [0, 0.05) is 25.1 Å². The quantitative estimate of drug-likeness (QED) is 0.847. The number of rotatable bonds is 3. The molecule has 0 spiro atoms. The van der Waals surface area contributed by atoms with Crippen LogP contribution < -0.4 is 9.47 Å². The Morgan fingerprint density at radius 2 is 1.92 bits per heavy atom. The molecule has 0 aromatic heterocycles. The standard InChI is InChI=1S/C20H20FNO4/c21-16-3-1-2-14(10-16)11-17-13-22(6-7-24-17)20(23)15-4-5-18-19(12-15)26-9-8-25-18/h1-5,10,12,17H,6-9,11,13H2. The van der Waals surface area contributed by atoms with Gasteiger partial charge < -0.3 is 19.1 Å². The number of amides is 1. The van der Waals surface area contributed by atoms with E-state index < -0.39 is 0 Å². The summed E-state index contributed by atoms with van der Waals surface area (Å²) < 4.78 is 30.2. The maximum atomic E-state index is 13.4. The van der Waals surface area contributed by atoms with Crippen LogP contribution in [0.3, 0.4) is 0 Å². The summed E-state index contributed by atoms with van der Waals surface area (Å²) in [5, 5.41) is 0. The average molecular weight is 357 g/mol. The predicted octanol–water partition coefficient (Wildman–Crippen LogP) is 2.68. The molecule has 0 saturated carbocycles. The van der Waals surface area contributed by atoms with Crippen LogP contribution in [0.1, 0.15) is 15.9 Å². The molecule has 4 rings (SSSR count). The molecule has 2 aromatic carbocycles. The number of carbonyl (C=O) groups is 1. The summed E-state index contributed by atoms with van der Waals surface area (Å²) in [4.78, 5) is 14.6. The molecule has 0 radical (unpaired) electrons. The van der Waals surface area contributed by atoms with E-state index in [0.29, 0.717) is 56.4 Å². The fourth-order valence-corrected chi connectivity index (χ4v) is 3.31. The van der Waals surface area contributed by atoms with Gasteiger partial charge in [-0.05, 0) is 35.9 Å². The van der Waals surface area contributed by atoms with Gasteiger partial charge in [0.05, 0.1) is 12.7 Å². The van der Waals surface area contributed by atoms with Crippen LogP contribution in [-0.4, -0.2) is 49.8 Å². The number of fused-ring (bicyclic) bond motifs is 1. The van der Waals surface area contributed by atoms with Gasteiger partial charge in [0.25, 0.3) is 5.91 Å². The third-order valence-electron chi connectivity index (χ3n) is 4.57. The van der Waals surface area contributed by atoms with Crippen LogP contribution in [-0.2, 0) is 11.2 Å². The molecule has 2 heterocycles. The minimum absolute atomic E-state index is 0.0606. The highest BCUT2D eigenvalue weighted by molar-refractivity contribution is 5.95. The van der Waals surface area contributed by atoms with Crippen molar-refractivity contribution in [1.29, 1.82) is 0 Å². The van der Waals surface area contributed by atoms with Crippen molar-refractivity contribution in [3.8, 4) is 11.5 Å². The van der Waals surface area contributed by atoms with Gasteiger partial charge in [-0.15, -0.1) is 0 Å². The molecule has 136 valence electrons. The molecule has 6 heteroatoms. The summed E-state index contributed by atoms with van der Waals surface area (Å²) in [5.74, 6) is 0.947. The van der Waals surface area contributed by atoms with Crippen LogP contribution in [0.25, 0.3) is 0 Å². The first-order valence-corrected chi connectivity index (χ1v) is 8.74. The topological polar surface area (TPSA) is 48.0 Å². The Labute approximate surface area is 151 Å². The molecule has 1 saturated heterocycles. The maximum absolute atomic E-state index is 13.4. The third-order valence-corrected chi connectivity index (χ3v) is 4.57. The van der Waals surface area contributed by atoms with Crippen LogP contribution >= 0.6 is 0 Å². The number of hydrogen-bond acceptors (Lipinski definition) is 4. The molecule has 1 fully saturated rings. The summed E-state index contributed by atoms with van der Waals surface area (Å²) in [5.41, 5.74) is 1.43. The average Bonchev–Trinajstić information content (AvgIpc) is 2.67. The highest BCUT2D eigenvalue weighted by Gasteiger charge is 2.26. The van der Waals surface area contributed by atoms with E-state index >= 15 is 0 Å². The zero-order valence-electron chi connectivity index (χ0n) is 14.3. The van der Waals surface area contributed by atoms with Crippen LogP contribution in [0.2, 0.25) is 0 Å². The Morgan fingerprint density at radius 3 is 2.77 bits per heavy atom. The van der Waals surface area contributed by atoms with Gasteiger partial charge in [-0.2, -0.15) is 0 Å². The zero-order valence-corrected chi connectivity index (χ0v) is 14.3. The molecule has 0 N–H and O–H groups in total. The van der Waals surface area contributed by atoms with E-state index in [4.69, 9.17) is 14.2 Å². The van der Waals surface area contributed by atoms with Crippen molar-refractivity contribution in [2.24, 2.45) is 0 Å². The van der Waals surface area contributed by atoms with Crippen molar-refractivity contribution >= 4 is 5.91 Å². The lowest BCUT2D eigenvalue weighted by atomic mass is 10.1. The second kappa shape index (κ2) is 7.33. The summed E-state index contributed by atoms with van der Waals surface area (Å²) >= 11 is 0. The molecule has 2 aromatic rings. The molecule has 26 heavy (non-hydrogen) atoms. The molecule has 1 amide bonds. The van der Waals surface area contributed by atoms with E-state index in [9.17, 15) is 9.18 Å². The Kier molecular flexibility index (Phi) is 4.75. The molecule has 0 aliphatic carbocycles. The highest BCUT2D eigenvalue weighted by atomic mass is 19.1. The van der Waals surface area contributed by atoms with Crippen molar-refractivity contribution in [1.82, 2.24) is 4.90 Å². The Balaban J connectivity index is 1.44. The van der Waals surface area contributed by atoms with E-state index in [2.05, 4.69) is 0 Å². The number of nitrogens with zero attached hydrogens (tertiary/aromatic N) is 1. The predicted molar refractivity (Wildman–Crippen MR) is 93.2 cm³/mol. The molecule has 1 unspecified atom stereocenters. The Hall–Kier alpha value is -2.60. The summed E-state index contributed by atoms with van der Waals surface area (Å²) in [6, 6.07) is 11.7. The second-order valence-corrected chi connectivity index (χ2v) is 6.44. The second-order valence-electron chi connectivity index (χ2n) is 6.44. The van der Waals surface area contributed by atoms with Gasteiger partial charge >= 0.3 is 0 Å². The summed E-state index contributed by atoms with van der Waals surface area (Å²) in [7, 11) is 0. The number of carbonyl (C=O) groups excluding carboxylic acids is 1. The van der Waals surface area contributed by atoms with Gasteiger partial charge in [-0.25, -0.2) is 4.39 Å². The van der Waals surface area contributed by atoms with E-state index in [1.807, 2.05) is 6.07 Å². The normalized spacial score (nSPS) is 19.3. The van der Waals surface area contributed by atoms with E-state index in [-0.39, 0.29) is 17.8 Å². The number of benzene rings is 2. The molecule has 2 aliphatic rings. The minimum atomic E-state index is -0.262. The fourth-order valence-electron chi connectivity index (χ4n) is 3.31. The molecular weight excluding hydrogens is 337 g/mol. The smallest absolute Gasteiger partial charge is 0.254 e. The zero-order chi connectivity index (χ0) is 17.9. The SMILES string of the molecule is O=C(c1ccc2c(c1)OCCO2)N1CCOC(Cc2cccc(F)c2)C1. The van der Waals surface area contributed by atoms with Crippen molar-refractivity contribution in [2.45, 2.75) is 12.5 Å². The summed E-state index contributed by atoms with van der Waals surface area (Å²) in [6.07, 6.45) is 0.426. The van der Waals surface area contributed by atoms with E-state index in [1.54, 1.807) is 29.2 Å². The van der Waals surface area contributed by atoms with Crippen molar-refractivity contribution in [2.75, 3.05) is 32.9 Å². The van der Waals surface area contributed by atoms with Gasteiger partial charge in [-0.3, -0.25) is 4.79 Å². The van der Waals surface area contributed by atoms with Crippen LogP contribution in [0, 0.1) is 5.82 Å². The lowest BCUT2D eigenvalue weighted by Crippen LogP contribution is -2.46. The first kappa shape index (κ1) is 16.8. The lowest BCUT2D eigenvalue weighted by molar-refractivity contribution is -0.0208. The van der Waals surface area contributed by atoms with E-state index in [0.717, 1.165) is 5.56 Å². The van der Waals surface area contributed by atoms with Crippen LogP contribution in [0.4, 0.5) is 4.39 Å². The molecular formula is C20H20FNO4. The third kappa shape index (κ3) is 3.65. The Bertz CT molecular complexity index is 810. The highest BCUT2D eigenvalue weighted by Crippen LogP contribution is 2.31. The first-order chi connectivity index (χ1) is 12.7. The summed E-state index contributed by atoms with van der Waals surface area (Å²) in [6.45, 7) is 2.48. The van der Waals surface area contributed by atoms with Crippen molar-refractivity contribution < 1.29 is 23.4 Å². The van der Waals surface area contributed by atoms with Crippen LogP contribution in [0.15, 0.2) is 42.5 Å². The number of halogens is 1. The van der Waals surface area contributed by atoms with Gasteiger partial charge in [0.2, 0.25) is 0 Å². The molecule has 0 bridgehead atoms. The number of hydrogen-bond donors (Lipinski definition) is 0. The Morgan fingerprint density at radius 1 is 1.08 bits per heavy atom. The van der Waals surface area contributed by atoms with Gasteiger partial charge in [-0.1, -0.05) is 12.1 Å². The van der Waals surface area contributed by atoms with Crippen molar-refractivity contribution in [3.05, 3.63) is 59.4 Å². The fraction of sp³-hybridized carbons (Fsp3) is 0.350. The van der Waals surface area contributed by atoms with E-state index in [1.165, 1.54) is 12.1 Å². The van der Waals surface area contributed by atoms with Gasteiger partial charge in [0.1, 0.15) is 19.0 Å². The largest absolute Gasteiger partial charge is 0.486 e. The minimum Gasteiger partial charge on any atom is -0.486 e. The molecule has 1 atom stereocenters. The number of morpholine rings is 1.